The molecule has 0 spiro atoms. The molecule has 0 heterocycles. The van der Waals surface area contributed by atoms with Gasteiger partial charge in [0, 0.05) is 13.5 Å². The van der Waals surface area contributed by atoms with Gasteiger partial charge in [-0.05, 0) is 18.8 Å². The lowest BCUT2D eigenvalue weighted by atomic mass is 9.89. The average Bonchev–Trinajstić information content (AvgIpc) is 2.14. The maximum atomic E-state index is 10.4. The van der Waals surface area contributed by atoms with Crippen molar-refractivity contribution in [2.24, 2.45) is 5.92 Å². The predicted octanol–water partition coefficient (Wildman–Crippen LogP) is 1.68. The first-order chi connectivity index (χ1) is 6.29. The number of hydrogen-bond donors (Lipinski definition) is 1. The van der Waals surface area contributed by atoms with Crippen molar-refractivity contribution in [2.75, 3.05) is 13.3 Å². The Balaban J connectivity index is 1.95. The molecule has 3 heteroatoms. The molecular weight excluding hydrogens is 166 g/mol. The fraction of sp³-hybridized carbons (Fsp3) is 0.900. The Labute approximate surface area is 79.8 Å². The Morgan fingerprint density at radius 2 is 2.08 bits per heavy atom. The van der Waals surface area contributed by atoms with Crippen molar-refractivity contribution in [1.82, 2.24) is 5.32 Å². The van der Waals surface area contributed by atoms with Crippen molar-refractivity contribution < 1.29 is 9.53 Å². The minimum atomic E-state index is -0.212. The van der Waals surface area contributed by atoms with Gasteiger partial charge >= 0.3 is 5.97 Å². The van der Waals surface area contributed by atoms with Gasteiger partial charge in [0.1, 0.15) is 6.73 Å². The normalized spacial score (nSPS) is 18.5. The zero-order chi connectivity index (χ0) is 9.52. The number of nitrogens with one attached hydrogen (secondary N) is 1. The van der Waals surface area contributed by atoms with Crippen LogP contribution >= 0.6 is 0 Å². The van der Waals surface area contributed by atoms with Crippen molar-refractivity contribution in [2.45, 2.75) is 39.0 Å². The van der Waals surface area contributed by atoms with Gasteiger partial charge in [-0.25, -0.2) is 0 Å². The number of carbonyl (C=O) groups excluding carboxylic acids is 1. The number of carbonyl (C=O) groups is 1. The van der Waals surface area contributed by atoms with Crippen LogP contribution in [-0.2, 0) is 9.53 Å². The van der Waals surface area contributed by atoms with E-state index >= 15 is 0 Å². The van der Waals surface area contributed by atoms with Crippen LogP contribution in [-0.4, -0.2) is 19.2 Å². The molecule has 76 valence electrons. The van der Waals surface area contributed by atoms with Crippen LogP contribution < -0.4 is 5.32 Å². The molecule has 0 bridgehead atoms. The van der Waals surface area contributed by atoms with E-state index in [4.69, 9.17) is 4.74 Å². The molecule has 0 aliphatic heterocycles. The third kappa shape index (κ3) is 4.88. The molecule has 0 atom stereocenters. The molecule has 0 unspecified atom stereocenters. The molecule has 1 fully saturated rings. The minimum Gasteiger partial charge on any atom is -0.450 e. The number of hydrogen-bond acceptors (Lipinski definition) is 3. The van der Waals surface area contributed by atoms with Gasteiger partial charge in [0.15, 0.2) is 0 Å². The van der Waals surface area contributed by atoms with E-state index in [1.54, 1.807) is 0 Å². The minimum absolute atomic E-state index is 0.212. The van der Waals surface area contributed by atoms with Crippen LogP contribution in [0.5, 0.6) is 0 Å². The highest BCUT2D eigenvalue weighted by atomic mass is 16.5. The number of esters is 1. The molecular formula is C10H19NO2. The van der Waals surface area contributed by atoms with Crippen LogP contribution in [0.2, 0.25) is 0 Å². The maximum absolute atomic E-state index is 10.4. The van der Waals surface area contributed by atoms with Gasteiger partial charge < -0.3 is 4.74 Å². The van der Waals surface area contributed by atoms with Crippen molar-refractivity contribution in [3.05, 3.63) is 0 Å². The zero-order valence-electron chi connectivity index (χ0n) is 8.34. The van der Waals surface area contributed by atoms with Crippen LogP contribution in [0.3, 0.4) is 0 Å². The summed E-state index contributed by atoms with van der Waals surface area (Å²) in [4.78, 5) is 10.4. The molecule has 0 aromatic rings. The van der Waals surface area contributed by atoms with Crippen LogP contribution in [0.4, 0.5) is 0 Å². The standard InChI is InChI=1S/C10H19NO2/c1-9(12)13-8-11-7-10-5-3-2-4-6-10/h10-11H,2-8H2,1H3. The van der Waals surface area contributed by atoms with Crippen molar-refractivity contribution in [3.63, 3.8) is 0 Å². The highest BCUT2D eigenvalue weighted by molar-refractivity contribution is 5.65. The zero-order valence-corrected chi connectivity index (χ0v) is 8.34. The molecule has 1 N–H and O–H groups in total. The summed E-state index contributed by atoms with van der Waals surface area (Å²) in [5, 5.41) is 3.14. The molecule has 0 aromatic carbocycles. The third-order valence-corrected chi connectivity index (χ3v) is 2.54. The maximum Gasteiger partial charge on any atom is 0.303 e. The second-order valence-electron chi connectivity index (χ2n) is 3.74. The summed E-state index contributed by atoms with van der Waals surface area (Å²) in [7, 11) is 0. The predicted molar refractivity (Wildman–Crippen MR) is 51.2 cm³/mol. The van der Waals surface area contributed by atoms with E-state index in [-0.39, 0.29) is 5.97 Å². The Kier molecular flexibility index (Phi) is 4.83. The van der Waals surface area contributed by atoms with Crippen molar-refractivity contribution >= 4 is 5.97 Å². The summed E-state index contributed by atoms with van der Waals surface area (Å²) in [5.41, 5.74) is 0. The molecule has 13 heavy (non-hydrogen) atoms. The lowest BCUT2D eigenvalue weighted by molar-refractivity contribution is -0.141. The molecule has 3 nitrogen and oxygen atoms in total. The monoisotopic (exact) mass is 185 g/mol. The van der Waals surface area contributed by atoms with E-state index < -0.39 is 0 Å². The van der Waals surface area contributed by atoms with Crippen LogP contribution in [0.25, 0.3) is 0 Å². The summed E-state index contributed by atoms with van der Waals surface area (Å²) in [6.45, 7) is 2.79. The van der Waals surface area contributed by atoms with E-state index in [0.29, 0.717) is 6.73 Å². The first-order valence-corrected chi connectivity index (χ1v) is 5.13. The summed E-state index contributed by atoms with van der Waals surface area (Å²) in [5.74, 6) is 0.584. The molecule has 1 aliphatic rings. The Morgan fingerprint density at radius 1 is 1.38 bits per heavy atom. The SMILES string of the molecule is CC(=O)OCNCC1CCCCC1. The molecule has 0 aromatic heterocycles. The second kappa shape index (κ2) is 5.97. The Bertz CT molecular complexity index is 153. The van der Waals surface area contributed by atoms with E-state index in [0.717, 1.165) is 12.5 Å². The molecule has 0 radical (unpaired) electrons. The second-order valence-corrected chi connectivity index (χ2v) is 3.74. The fourth-order valence-electron chi connectivity index (χ4n) is 1.81. The lowest BCUT2D eigenvalue weighted by Gasteiger charge is -2.21. The molecule has 1 rings (SSSR count). The lowest BCUT2D eigenvalue weighted by Crippen LogP contribution is -2.27. The van der Waals surface area contributed by atoms with Gasteiger partial charge in [0.25, 0.3) is 0 Å². The van der Waals surface area contributed by atoms with E-state index in [1.807, 2.05) is 0 Å². The van der Waals surface area contributed by atoms with Gasteiger partial charge in [0.2, 0.25) is 0 Å². The highest BCUT2D eigenvalue weighted by Crippen LogP contribution is 2.22. The summed E-state index contributed by atoms with van der Waals surface area (Å²) in [6.07, 6.45) is 6.76. The summed E-state index contributed by atoms with van der Waals surface area (Å²) < 4.78 is 4.78. The highest BCUT2D eigenvalue weighted by Gasteiger charge is 2.12. The van der Waals surface area contributed by atoms with Crippen LogP contribution in [0.1, 0.15) is 39.0 Å². The first-order valence-electron chi connectivity index (χ1n) is 5.13. The van der Waals surface area contributed by atoms with E-state index in [2.05, 4.69) is 5.32 Å². The largest absolute Gasteiger partial charge is 0.450 e. The number of rotatable bonds is 4. The van der Waals surface area contributed by atoms with E-state index in [9.17, 15) is 4.79 Å². The molecule has 0 amide bonds. The van der Waals surface area contributed by atoms with E-state index in [1.165, 1.54) is 39.0 Å². The molecule has 0 saturated heterocycles. The summed E-state index contributed by atoms with van der Waals surface area (Å²) in [6, 6.07) is 0. The smallest absolute Gasteiger partial charge is 0.303 e. The van der Waals surface area contributed by atoms with Gasteiger partial charge in [-0.1, -0.05) is 19.3 Å². The van der Waals surface area contributed by atoms with Crippen molar-refractivity contribution in [3.8, 4) is 0 Å². The molecule has 1 saturated carbocycles. The first kappa shape index (κ1) is 10.5. The topological polar surface area (TPSA) is 38.3 Å². The van der Waals surface area contributed by atoms with Crippen molar-refractivity contribution in [1.29, 1.82) is 0 Å². The van der Waals surface area contributed by atoms with Gasteiger partial charge in [-0.15, -0.1) is 0 Å². The fourth-order valence-corrected chi connectivity index (χ4v) is 1.81. The number of ether oxygens (including phenoxy) is 1. The quantitative estimate of drug-likeness (QED) is 0.411. The Morgan fingerprint density at radius 3 is 2.69 bits per heavy atom. The van der Waals surface area contributed by atoms with Gasteiger partial charge in [-0.3, -0.25) is 10.1 Å². The van der Waals surface area contributed by atoms with Crippen LogP contribution in [0.15, 0.2) is 0 Å². The van der Waals surface area contributed by atoms with Gasteiger partial charge in [0.05, 0.1) is 0 Å². The Hall–Kier alpha value is -0.570. The molecule has 1 aliphatic carbocycles. The average molecular weight is 185 g/mol. The third-order valence-electron chi connectivity index (χ3n) is 2.54. The summed E-state index contributed by atoms with van der Waals surface area (Å²) >= 11 is 0. The van der Waals surface area contributed by atoms with Gasteiger partial charge in [-0.2, -0.15) is 0 Å². The van der Waals surface area contributed by atoms with Crippen LogP contribution in [0, 0.1) is 5.92 Å².